The summed E-state index contributed by atoms with van der Waals surface area (Å²) in [6, 6.07) is 1.62. The van der Waals surface area contributed by atoms with Crippen molar-refractivity contribution in [2.45, 2.75) is 71.8 Å². The van der Waals surface area contributed by atoms with Gasteiger partial charge in [-0.1, -0.05) is 38.5 Å². The fraction of sp³-hybridized carbons (Fsp3) is 0.591. The fourth-order valence-corrected chi connectivity index (χ4v) is 4.36. The number of aromatic hydroxyl groups is 2. The summed E-state index contributed by atoms with van der Waals surface area (Å²) in [7, 11) is 0. The quantitative estimate of drug-likeness (QED) is 0.548. The molecule has 1 fully saturated rings. The molecule has 2 aromatic rings. The van der Waals surface area contributed by atoms with E-state index in [1.54, 1.807) is 30.1 Å². The minimum absolute atomic E-state index is 0.0268. The molecule has 7 heteroatoms. The van der Waals surface area contributed by atoms with E-state index >= 15 is 0 Å². The van der Waals surface area contributed by atoms with E-state index in [1.165, 1.54) is 50.0 Å². The number of ketones is 1. The van der Waals surface area contributed by atoms with Crippen LogP contribution < -0.4 is 0 Å². The molecular weight excluding hydrogens is 368 g/mol. The molecule has 1 atom stereocenters. The molecule has 3 N–H and O–H groups in total. The Morgan fingerprint density at radius 2 is 2.00 bits per heavy atom. The zero-order chi connectivity index (χ0) is 21.0. The highest BCUT2D eigenvalue weighted by molar-refractivity contribution is 6.01. The van der Waals surface area contributed by atoms with Crippen LogP contribution in [0.3, 0.4) is 0 Å². The van der Waals surface area contributed by atoms with E-state index in [-0.39, 0.29) is 24.1 Å². The third-order valence-corrected chi connectivity index (χ3v) is 6.08. The number of hydrogen-bond donors (Lipinski definition) is 3. The van der Waals surface area contributed by atoms with Crippen molar-refractivity contribution < 1.29 is 15.0 Å². The Balaban J connectivity index is 1.67. The predicted molar refractivity (Wildman–Crippen MR) is 112 cm³/mol. The molecule has 0 spiro atoms. The van der Waals surface area contributed by atoms with Crippen LogP contribution in [0.2, 0.25) is 0 Å². The van der Waals surface area contributed by atoms with Gasteiger partial charge in [0.2, 0.25) is 5.88 Å². The second-order valence-electron chi connectivity index (χ2n) is 8.35. The lowest BCUT2D eigenvalue weighted by Crippen LogP contribution is -2.24. The van der Waals surface area contributed by atoms with E-state index in [0.717, 1.165) is 24.3 Å². The monoisotopic (exact) mass is 400 g/mol. The Morgan fingerprint density at radius 3 is 2.66 bits per heavy atom. The highest BCUT2D eigenvalue weighted by Crippen LogP contribution is 2.34. The van der Waals surface area contributed by atoms with Crippen molar-refractivity contribution in [1.82, 2.24) is 14.3 Å². The van der Waals surface area contributed by atoms with Gasteiger partial charge in [0.1, 0.15) is 5.78 Å². The lowest BCUT2D eigenvalue weighted by atomic mass is 9.85. The summed E-state index contributed by atoms with van der Waals surface area (Å²) in [4.78, 5) is 11.7. The zero-order valence-corrected chi connectivity index (χ0v) is 17.4. The number of carbonyl (C=O) groups is 1. The van der Waals surface area contributed by atoms with Gasteiger partial charge in [-0.15, -0.1) is 0 Å². The average molecular weight is 401 g/mol. The molecule has 3 rings (SSSR count). The summed E-state index contributed by atoms with van der Waals surface area (Å²) in [5.41, 5.74) is 1.56. The van der Waals surface area contributed by atoms with Crippen LogP contribution in [-0.4, -0.2) is 36.1 Å². The third-order valence-electron chi connectivity index (χ3n) is 6.08. The summed E-state index contributed by atoms with van der Waals surface area (Å²) in [5.74, 6) is 0.204. The molecule has 1 unspecified atom stereocenters. The second-order valence-corrected chi connectivity index (χ2v) is 8.35. The molecular formula is C22H32N4O3. The van der Waals surface area contributed by atoms with Crippen molar-refractivity contribution in [2.75, 3.05) is 0 Å². The first-order valence-corrected chi connectivity index (χ1v) is 10.6. The Kier molecular flexibility index (Phi) is 6.77. The summed E-state index contributed by atoms with van der Waals surface area (Å²) in [5, 5.41) is 33.0. The number of nitrogens with zero attached hydrogens (tertiary/aromatic N) is 3. The number of hydrogen-bond acceptors (Lipinski definition) is 5. The molecule has 2 aromatic heterocycles. The van der Waals surface area contributed by atoms with Gasteiger partial charge in [0.25, 0.3) is 0 Å². The standard InChI is InChI=1S/C22H32N4O3/c1-15(23)20(16(2)27)14-25-13-19(12-24-25)26-21(28)11-18(22(26)29)10-6-9-17-7-4-3-5-8-17/h11-13,17,20,23,28-29H,3-10,14H2,1-2H3. The van der Waals surface area contributed by atoms with Gasteiger partial charge in [0.05, 0.1) is 24.3 Å². The molecule has 29 heavy (non-hydrogen) atoms. The van der Waals surface area contributed by atoms with Crippen LogP contribution in [0, 0.1) is 17.2 Å². The van der Waals surface area contributed by atoms with Crippen molar-refractivity contribution >= 4 is 11.5 Å². The smallest absolute Gasteiger partial charge is 0.202 e. The minimum Gasteiger partial charge on any atom is -0.494 e. The number of nitrogens with one attached hydrogen (secondary N) is 1. The van der Waals surface area contributed by atoms with Crippen LogP contribution in [0.5, 0.6) is 11.8 Å². The maximum absolute atomic E-state index is 11.7. The number of aromatic nitrogens is 3. The Labute approximate surface area is 171 Å². The van der Waals surface area contributed by atoms with Gasteiger partial charge in [-0.25, -0.2) is 4.57 Å². The second kappa shape index (κ2) is 9.29. The van der Waals surface area contributed by atoms with Gasteiger partial charge in [-0.3, -0.25) is 9.48 Å². The first-order chi connectivity index (χ1) is 13.9. The molecule has 1 saturated carbocycles. The Hall–Kier alpha value is -2.57. The van der Waals surface area contributed by atoms with Crippen LogP contribution in [0.15, 0.2) is 18.5 Å². The Morgan fingerprint density at radius 1 is 1.28 bits per heavy atom. The van der Waals surface area contributed by atoms with Crippen molar-refractivity contribution in [3.05, 3.63) is 24.0 Å². The van der Waals surface area contributed by atoms with Crippen molar-refractivity contribution in [3.8, 4) is 17.4 Å². The van der Waals surface area contributed by atoms with Crippen LogP contribution in [-0.2, 0) is 17.8 Å². The molecule has 7 nitrogen and oxygen atoms in total. The van der Waals surface area contributed by atoms with Gasteiger partial charge in [0.15, 0.2) is 5.88 Å². The van der Waals surface area contributed by atoms with E-state index in [2.05, 4.69) is 5.10 Å². The highest BCUT2D eigenvalue weighted by atomic mass is 16.3. The van der Waals surface area contributed by atoms with Gasteiger partial charge < -0.3 is 15.6 Å². The van der Waals surface area contributed by atoms with E-state index in [0.29, 0.717) is 11.4 Å². The van der Waals surface area contributed by atoms with Crippen molar-refractivity contribution in [3.63, 3.8) is 0 Å². The van der Waals surface area contributed by atoms with Crippen molar-refractivity contribution in [1.29, 1.82) is 5.41 Å². The van der Waals surface area contributed by atoms with Crippen LogP contribution in [0.25, 0.3) is 5.69 Å². The van der Waals surface area contributed by atoms with Gasteiger partial charge in [-0.05, 0) is 32.6 Å². The molecule has 0 aromatic carbocycles. The molecule has 2 heterocycles. The molecule has 0 aliphatic heterocycles. The SMILES string of the molecule is CC(=N)C(Cn1cc(-n2c(O)cc(CCCC3CCCCC3)c2O)cn1)C(C)=O. The lowest BCUT2D eigenvalue weighted by Gasteiger charge is -2.21. The largest absolute Gasteiger partial charge is 0.494 e. The molecule has 1 aliphatic rings. The van der Waals surface area contributed by atoms with Crippen LogP contribution in [0.4, 0.5) is 0 Å². The molecule has 0 amide bonds. The lowest BCUT2D eigenvalue weighted by molar-refractivity contribution is -0.119. The molecule has 0 bridgehead atoms. The summed E-state index contributed by atoms with van der Waals surface area (Å²) >= 11 is 0. The topological polar surface area (TPSA) is 104 Å². The fourth-order valence-electron chi connectivity index (χ4n) is 4.36. The third kappa shape index (κ3) is 5.08. The summed E-state index contributed by atoms with van der Waals surface area (Å²) in [6.07, 6.45) is 12.8. The molecule has 158 valence electrons. The molecule has 0 saturated heterocycles. The first-order valence-electron chi connectivity index (χ1n) is 10.6. The number of rotatable bonds is 9. The van der Waals surface area contributed by atoms with Gasteiger partial charge in [0, 0.05) is 23.5 Å². The van der Waals surface area contributed by atoms with Crippen molar-refractivity contribution in [2.24, 2.45) is 11.8 Å². The van der Waals surface area contributed by atoms with E-state index in [4.69, 9.17) is 5.41 Å². The first kappa shape index (κ1) is 21.1. The van der Waals surface area contributed by atoms with Gasteiger partial charge >= 0.3 is 0 Å². The summed E-state index contributed by atoms with van der Waals surface area (Å²) < 4.78 is 2.94. The van der Waals surface area contributed by atoms with Gasteiger partial charge in [-0.2, -0.15) is 5.10 Å². The van der Waals surface area contributed by atoms with E-state index < -0.39 is 5.92 Å². The average Bonchev–Trinajstić information content (AvgIpc) is 3.24. The number of Topliss-reactive ketones (excluding diaryl/α,β-unsaturated/α-hetero) is 1. The van der Waals surface area contributed by atoms with Crippen LogP contribution >= 0.6 is 0 Å². The van der Waals surface area contributed by atoms with Crippen LogP contribution in [0.1, 0.15) is 64.4 Å². The van der Waals surface area contributed by atoms with E-state index in [9.17, 15) is 15.0 Å². The Bertz CT molecular complexity index is 848. The minimum atomic E-state index is -0.523. The molecule has 1 aliphatic carbocycles. The number of carbonyl (C=O) groups excluding carboxylic acids is 1. The predicted octanol–water partition coefficient (Wildman–Crippen LogP) is 4.23. The summed E-state index contributed by atoms with van der Waals surface area (Å²) in [6.45, 7) is 3.34. The normalized spacial score (nSPS) is 16.1. The maximum Gasteiger partial charge on any atom is 0.202 e. The number of aryl methyl sites for hydroxylation is 1. The zero-order valence-electron chi connectivity index (χ0n) is 17.4. The maximum atomic E-state index is 11.7. The van der Waals surface area contributed by atoms with E-state index in [1.807, 2.05) is 0 Å². The highest BCUT2D eigenvalue weighted by Gasteiger charge is 2.20. The molecule has 0 radical (unpaired) electrons.